The van der Waals surface area contributed by atoms with Crippen LogP contribution in [0, 0.1) is 0 Å². The highest BCUT2D eigenvalue weighted by molar-refractivity contribution is 6.28. The molecule has 0 aromatic carbocycles. The Hall–Kier alpha value is -1.40. The van der Waals surface area contributed by atoms with Gasteiger partial charge in [-0.25, -0.2) is 0 Å². The predicted molar refractivity (Wildman–Crippen MR) is 59.5 cm³/mol. The molecule has 0 spiro atoms. The molecule has 2 N–H and O–H groups in total. The van der Waals surface area contributed by atoms with Crippen molar-refractivity contribution < 1.29 is 4.74 Å². The van der Waals surface area contributed by atoms with Crippen LogP contribution in [0.15, 0.2) is 6.20 Å². The molecule has 3 rings (SSSR count). The van der Waals surface area contributed by atoms with E-state index in [1.165, 1.54) is 0 Å². The Balaban J connectivity index is 1.97. The van der Waals surface area contributed by atoms with Gasteiger partial charge in [-0.3, -0.25) is 5.10 Å². The van der Waals surface area contributed by atoms with Crippen LogP contribution < -0.4 is 5.32 Å². The van der Waals surface area contributed by atoms with Crippen molar-refractivity contribution in [2.75, 3.05) is 18.5 Å². The van der Waals surface area contributed by atoms with Crippen LogP contribution in [0.2, 0.25) is 5.28 Å². The molecule has 0 amide bonds. The molecule has 6 nitrogen and oxygen atoms in total. The first-order valence-electron chi connectivity index (χ1n) is 5.04. The fraction of sp³-hybridized carbons (Fsp3) is 0.444. The Morgan fingerprint density at radius 3 is 3.25 bits per heavy atom. The number of H-pyrrole nitrogens is 1. The molecule has 1 atom stereocenters. The van der Waals surface area contributed by atoms with E-state index in [9.17, 15) is 0 Å². The van der Waals surface area contributed by atoms with Gasteiger partial charge in [0, 0.05) is 6.61 Å². The van der Waals surface area contributed by atoms with Crippen LogP contribution in [-0.2, 0) is 4.74 Å². The molecule has 0 saturated carbocycles. The van der Waals surface area contributed by atoms with Crippen LogP contribution in [0.25, 0.3) is 11.0 Å². The topological polar surface area (TPSA) is 75.7 Å². The number of nitrogens with one attached hydrogen (secondary N) is 2. The smallest absolute Gasteiger partial charge is 0.226 e. The van der Waals surface area contributed by atoms with Gasteiger partial charge in [0.25, 0.3) is 0 Å². The van der Waals surface area contributed by atoms with Crippen molar-refractivity contribution in [1.82, 2.24) is 20.2 Å². The number of ether oxygens (including phenoxy) is 1. The first kappa shape index (κ1) is 9.80. The summed E-state index contributed by atoms with van der Waals surface area (Å²) in [7, 11) is 0. The molecule has 1 fully saturated rings. The average molecular weight is 240 g/mol. The van der Waals surface area contributed by atoms with Crippen LogP contribution in [0.4, 0.5) is 5.82 Å². The molecule has 7 heteroatoms. The minimum Gasteiger partial charge on any atom is -0.379 e. The lowest BCUT2D eigenvalue weighted by Gasteiger charge is -2.11. The number of halogens is 1. The summed E-state index contributed by atoms with van der Waals surface area (Å²) < 4.78 is 5.29. The van der Waals surface area contributed by atoms with Gasteiger partial charge in [-0.1, -0.05) is 0 Å². The van der Waals surface area contributed by atoms with E-state index in [0.29, 0.717) is 18.1 Å². The zero-order chi connectivity index (χ0) is 11.0. The number of aromatic amines is 1. The number of anilines is 1. The largest absolute Gasteiger partial charge is 0.379 e. The van der Waals surface area contributed by atoms with E-state index in [-0.39, 0.29) is 11.3 Å². The van der Waals surface area contributed by atoms with Gasteiger partial charge in [0.15, 0.2) is 5.65 Å². The molecular weight excluding hydrogens is 230 g/mol. The number of aromatic nitrogens is 4. The molecular formula is C9H10ClN5O. The normalized spacial score (nSPS) is 20.4. The maximum Gasteiger partial charge on any atom is 0.226 e. The van der Waals surface area contributed by atoms with Crippen LogP contribution in [-0.4, -0.2) is 39.4 Å². The van der Waals surface area contributed by atoms with Crippen LogP contribution in [0.3, 0.4) is 0 Å². The molecule has 1 aliphatic heterocycles. The van der Waals surface area contributed by atoms with Crippen LogP contribution in [0.5, 0.6) is 0 Å². The van der Waals surface area contributed by atoms with Crippen LogP contribution in [0.1, 0.15) is 6.42 Å². The van der Waals surface area contributed by atoms with Crippen molar-refractivity contribution in [3.05, 3.63) is 11.5 Å². The summed E-state index contributed by atoms with van der Waals surface area (Å²) in [5.41, 5.74) is 0.640. The standard InChI is InChI=1S/C9H10ClN5O/c10-9-13-7(12-5-1-2-16-4-5)6-3-11-15-8(6)14-9/h3,5H,1-2,4H2,(H2,11,12,13,14,15). The van der Waals surface area contributed by atoms with Crippen molar-refractivity contribution in [2.45, 2.75) is 12.5 Å². The van der Waals surface area contributed by atoms with Gasteiger partial charge in [0.05, 0.1) is 24.2 Å². The molecule has 2 aromatic rings. The van der Waals surface area contributed by atoms with Gasteiger partial charge in [0.1, 0.15) is 5.82 Å². The fourth-order valence-corrected chi connectivity index (χ4v) is 1.93. The number of hydrogen-bond donors (Lipinski definition) is 2. The van der Waals surface area contributed by atoms with E-state index < -0.39 is 0 Å². The quantitative estimate of drug-likeness (QED) is 0.771. The highest BCUT2D eigenvalue weighted by Gasteiger charge is 2.18. The monoisotopic (exact) mass is 239 g/mol. The van der Waals surface area contributed by atoms with E-state index in [1.807, 2.05) is 0 Å². The molecule has 0 bridgehead atoms. The zero-order valence-electron chi connectivity index (χ0n) is 8.40. The van der Waals surface area contributed by atoms with Gasteiger partial charge in [-0.2, -0.15) is 15.1 Å². The van der Waals surface area contributed by atoms with E-state index in [0.717, 1.165) is 18.4 Å². The van der Waals surface area contributed by atoms with Crippen molar-refractivity contribution in [2.24, 2.45) is 0 Å². The van der Waals surface area contributed by atoms with Crippen molar-refractivity contribution in [3.63, 3.8) is 0 Å². The van der Waals surface area contributed by atoms with Crippen molar-refractivity contribution in [3.8, 4) is 0 Å². The Morgan fingerprint density at radius 2 is 2.44 bits per heavy atom. The third-order valence-electron chi connectivity index (χ3n) is 2.55. The lowest BCUT2D eigenvalue weighted by atomic mass is 10.2. The SMILES string of the molecule is Clc1nc(NC2CCOC2)c2cn[nH]c2n1. The maximum atomic E-state index is 5.82. The third-order valence-corrected chi connectivity index (χ3v) is 2.72. The molecule has 2 aromatic heterocycles. The Morgan fingerprint density at radius 1 is 1.50 bits per heavy atom. The third kappa shape index (κ3) is 1.70. The molecule has 3 heterocycles. The highest BCUT2D eigenvalue weighted by atomic mass is 35.5. The Kier molecular flexibility index (Phi) is 2.37. The summed E-state index contributed by atoms with van der Waals surface area (Å²) in [5.74, 6) is 0.708. The van der Waals surface area contributed by atoms with Gasteiger partial charge in [-0.05, 0) is 18.0 Å². The van der Waals surface area contributed by atoms with E-state index in [4.69, 9.17) is 16.3 Å². The number of nitrogens with zero attached hydrogens (tertiary/aromatic N) is 3. The summed E-state index contributed by atoms with van der Waals surface area (Å²) in [4.78, 5) is 8.20. The molecule has 0 radical (unpaired) electrons. The summed E-state index contributed by atoms with van der Waals surface area (Å²) in [6.07, 6.45) is 2.66. The molecule has 1 unspecified atom stereocenters. The number of rotatable bonds is 2. The Labute approximate surface area is 96.4 Å². The summed E-state index contributed by atoms with van der Waals surface area (Å²) >= 11 is 5.82. The second-order valence-corrected chi connectivity index (χ2v) is 4.02. The fourth-order valence-electron chi connectivity index (χ4n) is 1.76. The van der Waals surface area contributed by atoms with E-state index in [1.54, 1.807) is 6.20 Å². The maximum absolute atomic E-state index is 5.82. The van der Waals surface area contributed by atoms with Gasteiger partial charge in [0.2, 0.25) is 5.28 Å². The van der Waals surface area contributed by atoms with Crippen molar-refractivity contribution >= 4 is 28.5 Å². The summed E-state index contributed by atoms with van der Waals surface area (Å²) in [5, 5.41) is 11.0. The van der Waals surface area contributed by atoms with Crippen molar-refractivity contribution in [1.29, 1.82) is 0 Å². The number of fused-ring (bicyclic) bond motifs is 1. The first-order chi connectivity index (χ1) is 7.83. The first-order valence-corrected chi connectivity index (χ1v) is 5.41. The zero-order valence-corrected chi connectivity index (χ0v) is 9.16. The predicted octanol–water partition coefficient (Wildman–Crippen LogP) is 1.21. The minimum absolute atomic E-state index is 0.207. The molecule has 1 aliphatic rings. The van der Waals surface area contributed by atoms with Gasteiger partial charge in [-0.15, -0.1) is 0 Å². The van der Waals surface area contributed by atoms with Crippen LogP contribution >= 0.6 is 11.6 Å². The minimum atomic E-state index is 0.207. The second kappa shape index (κ2) is 3.88. The lowest BCUT2D eigenvalue weighted by Crippen LogP contribution is -2.20. The second-order valence-electron chi connectivity index (χ2n) is 3.68. The summed E-state index contributed by atoms with van der Waals surface area (Å²) in [6.45, 7) is 1.48. The van der Waals surface area contributed by atoms with Gasteiger partial charge >= 0.3 is 0 Å². The average Bonchev–Trinajstić information content (AvgIpc) is 2.87. The van der Waals surface area contributed by atoms with E-state index >= 15 is 0 Å². The molecule has 1 saturated heterocycles. The molecule has 0 aliphatic carbocycles. The lowest BCUT2D eigenvalue weighted by molar-refractivity contribution is 0.195. The van der Waals surface area contributed by atoms with E-state index in [2.05, 4.69) is 25.5 Å². The number of hydrogen-bond acceptors (Lipinski definition) is 5. The highest BCUT2D eigenvalue weighted by Crippen LogP contribution is 2.22. The van der Waals surface area contributed by atoms with Gasteiger partial charge < -0.3 is 10.1 Å². The summed E-state index contributed by atoms with van der Waals surface area (Å²) in [6, 6.07) is 0.282. The molecule has 16 heavy (non-hydrogen) atoms. The Bertz CT molecular complexity index is 508. The molecule has 84 valence electrons.